The molecule has 0 atom stereocenters. The molecular formula is C5H12F2. The van der Waals surface area contributed by atoms with Crippen LogP contribution in [0.3, 0.4) is 0 Å². The van der Waals surface area contributed by atoms with E-state index in [9.17, 15) is 8.78 Å². The lowest BCUT2D eigenvalue weighted by Crippen LogP contribution is -2.05. The van der Waals surface area contributed by atoms with Crippen molar-refractivity contribution in [1.82, 2.24) is 0 Å². The number of alkyl halides is 2. The molecule has 0 rings (SSSR count). The first-order valence-corrected chi connectivity index (χ1v) is 1.94. The van der Waals surface area contributed by atoms with Crippen LogP contribution in [0.15, 0.2) is 0 Å². The first kappa shape index (κ1) is 9.97. The Hall–Kier alpha value is -0.140. The molecule has 0 amide bonds. The molecule has 2 heteroatoms. The maximum absolute atomic E-state index is 11.5. The van der Waals surface area contributed by atoms with Gasteiger partial charge in [0.15, 0.2) is 0 Å². The summed E-state index contributed by atoms with van der Waals surface area (Å²) in [5.41, 5.74) is 0. The molecule has 7 heavy (non-hydrogen) atoms. The van der Waals surface area contributed by atoms with Gasteiger partial charge in [-0.1, -0.05) is 14.4 Å². The molecule has 0 heterocycles. The zero-order valence-electron chi connectivity index (χ0n) is 3.96. The van der Waals surface area contributed by atoms with E-state index in [1.54, 1.807) is 0 Å². The highest BCUT2D eigenvalue weighted by Gasteiger charge is 2.15. The molecular weight excluding hydrogens is 98.1 g/mol. The predicted octanol–water partition coefficient (Wildman–Crippen LogP) is 2.69. The molecule has 0 bridgehead atoms. The van der Waals surface area contributed by atoms with Gasteiger partial charge >= 0.3 is 0 Å². The summed E-state index contributed by atoms with van der Waals surface area (Å²) in [4.78, 5) is 0. The molecule has 0 aliphatic carbocycles. The van der Waals surface area contributed by atoms with Gasteiger partial charge in [-0.3, -0.25) is 0 Å². The fraction of sp³-hybridized carbons (Fsp3) is 1.00. The third kappa shape index (κ3) is 10.7. The molecule has 0 aromatic carbocycles. The lowest BCUT2D eigenvalue weighted by Gasteiger charge is -2.02. The normalized spacial score (nSPS) is 10.3. The third-order valence-electron chi connectivity index (χ3n) is 0.621. The molecule has 0 fully saturated rings. The third-order valence-corrected chi connectivity index (χ3v) is 0.621. The highest BCUT2D eigenvalue weighted by molar-refractivity contribution is 4.50. The molecule has 0 radical (unpaired) electrons. The van der Waals surface area contributed by atoms with Crippen molar-refractivity contribution in [3.8, 4) is 0 Å². The van der Waals surface area contributed by atoms with Crippen LogP contribution in [0.1, 0.15) is 27.7 Å². The van der Waals surface area contributed by atoms with E-state index < -0.39 is 5.92 Å². The lowest BCUT2D eigenvalue weighted by molar-refractivity contribution is 0.0181. The van der Waals surface area contributed by atoms with Crippen molar-refractivity contribution in [3.63, 3.8) is 0 Å². The summed E-state index contributed by atoms with van der Waals surface area (Å²) >= 11 is 0. The average molecular weight is 110 g/mol. The SMILES string of the molecule is C.CCC(C)(F)F. The lowest BCUT2D eigenvalue weighted by atomic mass is 10.3. The van der Waals surface area contributed by atoms with Gasteiger partial charge in [-0.15, -0.1) is 0 Å². The van der Waals surface area contributed by atoms with Crippen LogP contribution in [0.2, 0.25) is 0 Å². The van der Waals surface area contributed by atoms with Gasteiger partial charge < -0.3 is 0 Å². The van der Waals surface area contributed by atoms with Gasteiger partial charge in [0, 0.05) is 6.42 Å². The largest absolute Gasteiger partial charge is 0.245 e. The highest BCUT2D eigenvalue weighted by atomic mass is 19.3. The van der Waals surface area contributed by atoms with E-state index in [-0.39, 0.29) is 13.8 Å². The second-order valence-electron chi connectivity index (χ2n) is 1.42. The molecule has 0 aliphatic rings. The number of halogens is 2. The van der Waals surface area contributed by atoms with Gasteiger partial charge in [0.25, 0.3) is 0 Å². The summed E-state index contributed by atoms with van der Waals surface area (Å²) in [5, 5.41) is 0. The van der Waals surface area contributed by atoms with Crippen LogP contribution in [0, 0.1) is 0 Å². The molecule has 0 N–H and O–H groups in total. The molecule has 0 aromatic heterocycles. The second kappa shape index (κ2) is 2.94. The van der Waals surface area contributed by atoms with Gasteiger partial charge in [-0.2, -0.15) is 0 Å². The molecule has 0 aromatic rings. The zero-order chi connectivity index (χ0) is 5.21. The summed E-state index contributed by atoms with van der Waals surface area (Å²) in [5.74, 6) is -2.46. The van der Waals surface area contributed by atoms with Crippen molar-refractivity contribution in [2.45, 2.75) is 33.6 Å². The monoisotopic (exact) mass is 110 g/mol. The first-order chi connectivity index (χ1) is 2.56. The van der Waals surface area contributed by atoms with Crippen molar-refractivity contribution >= 4 is 0 Å². The minimum atomic E-state index is -2.46. The Kier molecular flexibility index (Phi) is 4.19. The molecule has 46 valence electrons. The van der Waals surface area contributed by atoms with Crippen LogP contribution in [-0.2, 0) is 0 Å². The fourth-order valence-electron chi connectivity index (χ4n) is 0. The Morgan fingerprint density at radius 1 is 1.43 bits per heavy atom. The average Bonchev–Trinajstić information content (AvgIpc) is 1.35. The molecule has 0 saturated carbocycles. The van der Waals surface area contributed by atoms with Crippen molar-refractivity contribution in [3.05, 3.63) is 0 Å². The van der Waals surface area contributed by atoms with Crippen LogP contribution in [0.25, 0.3) is 0 Å². The van der Waals surface area contributed by atoms with Crippen LogP contribution in [0.5, 0.6) is 0 Å². The van der Waals surface area contributed by atoms with E-state index in [4.69, 9.17) is 0 Å². The Bertz CT molecular complexity index is 35.8. The van der Waals surface area contributed by atoms with E-state index >= 15 is 0 Å². The van der Waals surface area contributed by atoms with Crippen LogP contribution in [-0.4, -0.2) is 5.92 Å². The Labute approximate surface area is 43.5 Å². The van der Waals surface area contributed by atoms with E-state index in [2.05, 4.69) is 0 Å². The van der Waals surface area contributed by atoms with E-state index in [0.29, 0.717) is 0 Å². The van der Waals surface area contributed by atoms with Gasteiger partial charge in [0.2, 0.25) is 5.92 Å². The predicted molar refractivity (Wildman–Crippen MR) is 27.6 cm³/mol. The minimum Gasteiger partial charge on any atom is -0.207 e. The molecule has 0 saturated heterocycles. The Morgan fingerprint density at radius 3 is 1.57 bits per heavy atom. The Balaban J connectivity index is 0. The van der Waals surface area contributed by atoms with Crippen LogP contribution < -0.4 is 0 Å². The van der Waals surface area contributed by atoms with Gasteiger partial charge in [0.1, 0.15) is 0 Å². The van der Waals surface area contributed by atoms with E-state index in [1.165, 1.54) is 6.92 Å². The quantitative estimate of drug-likeness (QED) is 0.486. The van der Waals surface area contributed by atoms with Crippen molar-refractivity contribution in [1.29, 1.82) is 0 Å². The summed E-state index contributed by atoms with van der Waals surface area (Å²) in [6.07, 6.45) is -0.0625. The first-order valence-electron chi connectivity index (χ1n) is 1.94. The summed E-state index contributed by atoms with van der Waals surface area (Å²) in [6, 6.07) is 0. The van der Waals surface area contributed by atoms with Gasteiger partial charge in [-0.05, 0) is 6.92 Å². The van der Waals surface area contributed by atoms with Gasteiger partial charge in [-0.25, -0.2) is 8.78 Å². The van der Waals surface area contributed by atoms with Crippen LogP contribution in [0.4, 0.5) is 8.78 Å². The van der Waals surface area contributed by atoms with Gasteiger partial charge in [0.05, 0.1) is 0 Å². The number of rotatable bonds is 1. The molecule has 0 nitrogen and oxygen atoms in total. The maximum Gasteiger partial charge on any atom is 0.245 e. The van der Waals surface area contributed by atoms with Crippen molar-refractivity contribution in [2.24, 2.45) is 0 Å². The zero-order valence-corrected chi connectivity index (χ0v) is 3.96. The summed E-state index contributed by atoms with van der Waals surface area (Å²) < 4.78 is 22.9. The number of hydrogen-bond acceptors (Lipinski definition) is 0. The summed E-state index contributed by atoms with van der Waals surface area (Å²) in [7, 11) is 0. The molecule has 0 unspecified atom stereocenters. The van der Waals surface area contributed by atoms with Crippen molar-refractivity contribution in [2.75, 3.05) is 0 Å². The Morgan fingerprint density at radius 2 is 1.57 bits per heavy atom. The van der Waals surface area contributed by atoms with E-state index in [1.807, 2.05) is 0 Å². The standard InChI is InChI=1S/C4H8F2.CH4/c1-3-4(2,5)6;/h3H2,1-2H3;1H4. The second-order valence-corrected chi connectivity index (χ2v) is 1.42. The highest BCUT2D eigenvalue weighted by Crippen LogP contribution is 2.14. The summed E-state index contributed by atoms with van der Waals surface area (Å²) in [6.45, 7) is 2.37. The molecule has 0 aliphatic heterocycles. The smallest absolute Gasteiger partial charge is 0.207 e. The molecule has 0 spiro atoms. The maximum atomic E-state index is 11.5. The van der Waals surface area contributed by atoms with E-state index in [0.717, 1.165) is 6.92 Å². The van der Waals surface area contributed by atoms with Crippen LogP contribution >= 0.6 is 0 Å². The van der Waals surface area contributed by atoms with Crippen molar-refractivity contribution < 1.29 is 8.78 Å². The minimum absolute atomic E-state index is 0. The topological polar surface area (TPSA) is 0 Å². The number of hydrogen-bond donors (Lipinski definition) is 0. The fourth-order valence-corrected chi connectivity index (χ4v) is 0.